The summed E-state index contributed by atoms with van der Waals surface area (Å²) in [6.45, 7) is 0.740. The largest absolute Gasteiger partial charge is 0.354 e. The van der Waals surface area contributed by atoms with Crippen molar-refractivity contribution in [1.29, 1.82) is 0 Å². The summed E-state index contributed by atoms with van der Waals surface area (Å²) in [7, 11) is 3.76. The third kappa shape index (κ3) is 1.42. The summed E-state index contributed by atoms with van der Waals surface area (Å²) in [5.41, 5.74) is 1.98. The Morgan fingerprint density at radius 2 is 2.43 bits per heavy atom. The number of aryl methyl sites for hydroxylation is 1. The zero-order valence-corrected chi connectivity index (χ0v) is 8.19. The quantitative estimate of drug-likeness (QED) is 0.781. The Morgan fingerprint density at radius 3 is 3.07 bits per heavy atom. The summed E-state index contributed by atoms with van der Waals surface area (Å²) >= 11 is 0. The van der Waals surface area contributed by atoms with Gasteiger partial charge in [-0.2, -0.15) is 5.10 Å². The molecule has 0 unspecified atom stereocenters. The van der Waals surface area contributed by atoms with Crippen LogP contribution in [0.15, 0.2) is 23.0 Å². The van der Waals surface area contributed by atoms with Crippen LogP contribution in [0, 0.1) is 0 Å². The van der Waals surface area contributed by atoms with E-state index in [1.54, 1.807) is 17.1 Å². The van der Waals surface area contributed by atoms with Gasteiger partial charge in [0.2, 0.25) is 0 Å². The molecular formula is C9H12N4O. The van der Waals surface area contributed by atoms with E-state index in [1.807, 2.05) is 20.2 Å². The van der Waals surface area contributed by atoms with Gasteiger partial charge in [-0.05, 0) is 13.1 Å². The summed E-state index contributed by atoms with van der Waals surface area (Å²) in [6, 6.07) is 1.90. The summed E-state index contributed by atoms with van der Waals surface area (Å²) in [4.78, 5) is 0. The molecule has 0 saturated heterocycles. The molecule has 0 aliphatic heterocycles. The Hall–Kier alpha value is -1.62. The average molecular weight is 192 g/mol. The van der Waals surface area contributed by atoms with E-state index in [9.17, 15) is 0 Å². The maximum Gasteiger partial charge on any atom is 0.189 e. The van der Waals surface area contributed by atoms with Gasteiger partial charge < -0.3 is 9.84 Å². The molecule has 0 aliphatic carbocycles. The molecule has 74 valence electrons. The van der Waals surface area contributed by atoms with E-state index in [4.69, 9.17) is 4.52 Å². The molecule has 2 aromatic heterocycles. The van der Waals surface area contributed by atoms with Crippen molar-refractivity contribution in [1.82, 2.24) is 20.3 Å². The zero-order valence-electron chi connectivity index (χ0n) is 8.19. The van der Waals surface area contributed by atoms with Crippen LogP contribution in [0.4, 0.5) is 0 Å². The molecule has 0 aromatic carbocycles. The van der Waals surface area contributed by atoms with Crippen molar-refractivity contribution in [2.75, 3.05) is 7.05 Å². The zero-order chi connectivity index (χ0) is 9.97. The van der Waals surface area contributed by atoms with E-state index >= 15 is 0 Å². The lowest BCUT2D eigenvalue weighted by Gasteiger charge is -2.00. The lowest BCUT2D eigenvalue weighted by atomic mass is 10.2. The highest BCUT2D eigenvalue weighted by Crippen LogP contribution is 2.22. The summed E-state index contributed by atoms with van der Waals surface area (Å²) < 4.78 is 6.96. The van der Waals surface area contributed by atoms with Crippen molar-refractivity contribution >= 4 is 0 Å². The third-order valence-electron chi connectivity index (χ3n) is 2.06. The van der Waals surface area contributed by atoms with Gasteiger partial charge in [0.1, 0.15) is 5.69 Å². The van der Waals surface area contributed by atoms with Crippen LogP contribution in [0.25, 0.3) is 11.5 Å². The van der Waals surface area contributed by atoms with Gasteiger partial charge in [-0.3, -0.25) is 4.68 Å². The van der Waals surface area contributed by atoms with Crippen LogP contribution >= 0.6 is 0 Å². The number of nitrogens with one attached hydrogen (secondary N) is 1. The smallest absolute Gasteiger partial charge is 0.189 e. The molecule has 14 heavy (non-hydrogen) atoms. The minimum Gasteiger partial charge on any atom is -0.354 e. The van der Waals surface area contributed by atoms with Gasteiger partial charge in [0, 0.05) is 25.4 Å². The molecule has 0 saturated carbocycles. The first-order chi connectivity index (χ1) is 6.83. The van der Waals surface area contributed by atoms with Crippen molar-refractivity contribution in [3.8, 4) is 11.5 Å². The van der Waals surface area contributed by atoms with Gasteiger partial charge in [-0.25, -0.2) is 0 Å². The molecule has 0 atom stereocenters. The molecule has 0 spiro atoms. The Balaban J connectivity index is 2.41. The lowest BCUT2D eigenvalue weighted by Crippen LogP contribution is -2.05. The van der Waals surface area contributed by atoms with Crippen LogP contribution in [0.5, 0.6) is 0 Å². The van der Waals surface area contributed by atoms with Crippen LogP contribution in [0.1, 0.15) is 5.56 Å². The van der Waals surface area contributed by atoms with Crippen LogP contribution < -0.4 is 5.32 Å². The predicted octanol–water partition coefficient (Wildman–Crippen LogP) is 0.794. The normalized spacial score (nSPS) is 10.7. The van der Waals surface area contributed by atoms with Crippen molar-refractivity contribution < 1.29 is 4.52 Å². The molecule has 0 bridgehead atoms. The SMILES string of the molecule is CNCc1cnoc1-c1ccnn1C. The van der Waals surface area contributed by atoms with Gasteiger partial charge in [-0.15, -0.1) is 0 Å². The highest BCUT2D eigenvalue weighted by Gasteiger charge is 2.12. The maximum atomic E-state index is 5.19. The average Bonchev–Trinajstić information content (AvgIpc) is 2.74. The standard InChI is InChI=1S/C9H12N4O/c1-10-5-7-6-12-14-9(7)8-3-4-11-13(8)2/h3-4,6,10H,5H2,1-2H3. The molecule has 0 radical (unpaired) electrons. The topological polar surface area (TPSA) is 55.9 Å². The number of rotatable bonds is 3. The van der Waals surface area contributed by atoms with E-state index in [2.05, 4.69) is 15.6 Å². The second-order valence-electron chi connectivity index (χ2n) is 3.05. The minimum atomic E-state index is 0.740. The molecule has 2 aromatic rings. The molecule has 5 heteroatoms. The van der Waals surface area contributed by atoms with Crippen molar-refractivity contribution in [3.05, 3.63) is 24.0 Å². The van der Waals surface area contributed by atoms with Crippen LogP contribution in [-0.2, 0) is 13.6 Å². The monoisotopic (exact) mass is 192 g/mol. The molecule has 2 heterocycles. The number of hydrogen-bond donors (Lipinski definition) is 1. The number of nitrogens with zero attached hydrogens (tertiary/aromatic N) is 3. The highest BCUT2D eigenvalue weighted by molar-refractivity contribution is 5.55. The minimum absolute atomic E-state index is 0.740. The third-order valence-corrected chi connectivity index (χ3v) is 2.06. The Bertz CT molecular complexity index is 418. The summed E-state index contributed by atoms with van der Waals surface area (Å²) in [5, 5.41) is 10.9. The van der Waals surface area contributed by atoms with E-state index in [0.29, 0.717) is 0 Å². The van der Waals surface area contributed by atoms with Gasteiger partial charge in [0.15, 0.2) is 5.76 Å². The Morgan fingerprint density at radius 1 is 1.57 bits per heavy atom. The van der Waals surface area contributed by atoms with Crippen molar-refractivity contribution in [2.45, 2.75) is 6.54 Å². The fraction of sp³-hybridized carbons (Fsp3) is 0.333. The fourth-order valence-electron chi connectivity index (χ4n) is 1.38. The van der Waals surface area contributed by atoms with Crippen LogP contribution in [0.3, 0.4) is 0 Å². The molecule has 1 N–H and O–H groups in total. The first kappa shape index (κ1) is 8.96. The summed E-state index contributed by atoms with van der Waals surface area (Å²) in [5.74, 6) is 0.777. The first-order valence-corrected chi connectivity index (χ1v) is 4.39. The fourth-order valence-corrected chi connectivity index (χ4v) is 1.38. The van der Waals surface area contributed by atoms with Gasteiger partial charge in [0.05, 0.1) is 6.20 Å². The van der Waals surface area contributed by atoms with E-state index in [0.717, 1.165) is 23.6 Å². The van der Waals surface area contributed by atoms with E-state index in [1.165, 1.54) is 0 Å². The van der Waals surface area contributed by atoms with Crippen molar-refractivity contribution in [2.24, 2.45) is 7.05 Å². The lowest BCUT2D eigenvalue weighted by molar-refractivity contribution is 0.428. The summed E-state index contributed by atoms with van der Waals surface area (Å²) in [6.07, 6.45) is 3.46. The van der Waals surface area contributed by atoms with Crippen LogP contribution in [-0.4, -0.2) is 22.0 Å². The van der Waals surface area contributed by atoms with E-state index < -0.39 is 0 Å². The molecule has 0 aliphatic rings. The van der Waals surface area contributed by atoms with Crippen molar-refractivity contribution in [3.63, 3.8) is 0 Å². The number of hydrogen-bond acceptors (Lipinski definition) is 4. The highest BCUT2D eigenvalue weighted by atomic mass is 16.5. The van der Waals surface area contributed by atoms with E-state index in [-0.39, 0.29) is 0 Å². The second kappa shape index (κ2) is 3.63. The molecule has 5 nitrogen and oxygen atoms in total. The maximum absolute atomic E-state index is 5.19. The number of aromatic nitrogens is 3. The first-order valence-electron chi connectivity index (χ1n) is 4.39. The van der Waals surface area contributed by atoms with Gasteiger partial charge >= 0.3 is 0 Å². The van der Waals surface area contributed by atoms with Gasteiger partial charge in [0.25, 0.3) is 0 Å². The predicted molar refractivity (Wildman–Crippen MR) is 51.5 cm³/mol. The van der Waals surface area contributed by atoms with Crippen LogP contribution in [0.2, 0.25) is 0 Å². The molecule has 2 rings (SSSR count). The Kier molecular flexibility index (Phi) is 2.32. The molecule has 0 fully saturated rings. The second-order valence-corrected chi connectivity index (χ2v) is 3.05. The molecule has 0 amide bonds. The molecular weight excluding hydrogens is 180 g/mol. The Labute approximate surface area is 81.7 Å². The van der Waals surface area contributed by atoms with Gasteiger partial charge in [-0.1, -0.05) is 5.16 Å².